The lowest BCUT2D eigenvalue weighted by Crippen LogP contribution is -2.16. The number of aliphatic hydroxyl groups excluding tert-OH is 1. The summed E-state index contributed by atoms with van der Waals surface area (Å²) >= 11 is 5.60. The van der Waals surface area contributed by atoms with Crippen LogP contribution in [-0.2, 0) is 0 Å². The lowest BCUT2D eigenvalue weighted by atomic mass is 10.0. The van der Waals surface area contributed by atoms with E-state index in [2.05, 4.69) is 4.98 Å². The van der Waals surface area contributed by atoms with E-state index < -0.39 is 0 Å². The predicted octanol–water partition coefficient (Wildman–Crippen LogP) is 0.770. The topological polar surface area (TPSA) is 59.1 Å². The van der Waals surface area contributed by atoms with Gasteiger partial charge in [-0.25, -0.2) is 4.98 Å². The Bertz CT molecular complexity index is 233. The number of hydrogen-bond donors (Lipinski definition) is 2. The first-order valence-electron chi connectivity index (χ1n) is 3.70. The van der Waals surface area contributed by atoms with E-state index in [1.807, 2.05) is 6.07 Å². The van der Waals surface area contributed by atoms with Crippen molar-refractivity contribution >= 4 is 11.6 Å². The number of hydrogen-bond acceptors (Lipinski definition) is 3. The summed E-state index contributed by atoms with van der Waals surface area (Å²) in [5, 5.41) is 9.36. The van der Waals surface area contributed by atoms with E-state index in [0.717, 1.165) is 5.56 Å². The summed E-state index contributed by atoms with van der Waals surface area (Å²) in [5.41, 5.74) is 6.35. The molecule has 1 unspecified atom stereocenters. The van der Waals surface area contributed by atoms with Crippen molar-refractivity contribution in [3.8, 4) is 0 Å². The summed E-state index contributed by atoms with van der Waals surface area (Å²) < 4.78 is 0. The highest BCUT2D eigenvalue weighted by Crippen LogP contribution is 2.14. The molecule has 0 spiro atoms. The fourth-order valence-corrected chi connectivity index (χ4v) is 1.06. The largest absolute Gasteiger partial charge is 0.396 e. The number of aliphatic hydroxyl groups is 1. The Kier molecular flexibility index (Phi) is 3.47. The lowest BCUT2D eigenvalue weighted by Gasteiger charge is -2.10. The van der Waals surface area contributed by atoms with Crippen molar-refractivity contribution in [2.45, 2.75) is 5.92 Å². The molecule has 12 heavy (non-hydrogen) atoms. The summed E-state index contributed by atoms with van der Waals surface area (Å²) in [4.78, 5) is 3.89. The lowest BCUT2D eigenvalue weighted by molar-refractivity contribution is 0.267. The number of nitrogens with two attached hydrogens (primary N) is 1. The van der Waals surface area contributed by atoms with E-state index in [0.29, 0.717) is 11.7 Å². The Morgan fingerprint density at radius 1 is 1.58 bits per heavy atom. The van der Waals surface area contributed by atoms with Crippen LogP contribution in [0.4, 0.5) is 0 Å². The highest BCUT2D eigenvalue weighted by atomic mass is 35.5. The van der Waals surface area contributed by atoms with Crippen LogP contribution < -0.4 is 5.73 Å². The Labute approximate surface area is 76.2 Å². The standard InChI is InChI=1S/C8H11ClN2O/c9-8-2-1-6(4-11-8)7(3-10)5-12/h1-2,4,7,12H,3,5,10H2. The van der Waals surface area contributed by atoms with E-state index >= 15 is 0 Å². The van der Waals surface area contributed by atoms with E-state index in [9.17, 15) is 0 Å². The van der Waals surface area contributed by atoms with Gasteiger partial charge in [0.25, 0.3) is 0 Å². The second-order valence-electron chi connectivity index (χ2n) is 2.53. The molecular formula is C8H11ClN2O. The maximum Gasteiger partial charge on any atom is 0.129 e. The zero-order valence-corrected chi connectivity index (χ0v) is 7.33. The Morgan fingerprint density at radius 2 is 2.33 bits per heavy atom. The summed E-state index contributed by atoms with van der Waals surface area (Å²) in [6, 6.07) is 3.51. The van der Waals surface area contributed by atoms with Gasteiger partial charge in [-0.05, 0) is 11.6 Å². The van der Waals surface area contributed by atoms with Crippen molar-refractivity contribution in [1.29, 1.82) is 0 Å². The van der Waals surface area contributed by atoms with Crippen LogP contribution in [0.15, 0.2) is 18.3 Å². The van der Waals surface area contributed by atoms with Crippen molar-refractivity contribution in [2.24, 2.45) is 5.73 Å². The van der Waals surface area contributed by atoms with Crippen LogP contribution in [0.2, 0.25) is 5.15 Å². The molecule has 1 aromatic rings. The first-order chi connectivity index (χ1) is 5.77. The van der Waals surface area contributed by atoms with Gasteiger partial charge < -0.3 is 10.8 Å². The maximum atomic E-state index is 8.91. The molecule has 0 bridgehead atoms. The van der Waals surface area contributed by atoms with Gasteiger partial charge in [-0.15, -0.1) is 0 Å². The molecule has 0 fully saturated rings. The Hall–Kier alpha value is -0.640. The normalized spacial score (nSPS) is 12.9. The molecule has 0 radical (unpaired) electrons. The first kappa shape index (κ1) is 9.45. The molecule has 0 saturated heterocycles. The molecule has 3 N–H and O–H groups in total. The first-order valence-corrected chi connectivity index (χ1v) is 4.08. The van der Waals surface area contributed by atoms with Gasteiger partial charge in [0.2, 0.25) is 0 Å². The fraction of sp³-hybridized carbons (Fsp3) is 0.375. The molecule has 0 aliphatic heterocycles. The molecule has 0 aliphatic carbocycles. The summed E-state index contributed by atoms with van der Waals surface area (Å²) in [5.74, 6) is -0.0326. The Balaban J connectivity index is 2.80. The monoisotopic (exact) mass is 186 g/mol. The number of aromatic nitrogens is 1. The second kappa shape index (κ2) is 4.40. The minimum atomic E-state index is -0.0326. The second-order valence-corrected chi connectivity index (χ2v) is 2.92. The van der Waals surface area contributed by atoms with Crippen LogP contribution in [0.5, 0.6) is 0 Å². The van der Waals surface area contributed by atoms with Crippen molar-refractivity contribution in [3.63, 3.8) is 0 Å². The zero-order chi connectivity index (χ0) is 8.97. The fourth-order valence-electron chi connectivity index (χ4n) is 0.945. The maximum absolute atomic E-state index is 8.91. The number of pyridine rings is 1. The minimum Gasteiger partial charge on any atom is -0.396 e. The summed E-state index contributed by atoms with van der Waals surface area (Å²) in [7, 11) is 0. The molecular weight excluding hydrogens is 176 g/mol. The smallest absolute Gasteiger partial charge is 0.129 e. The third-order valence-electron chi connectivity index (χ3n) is 1.73. The molecule has 1 heterocycles. The van der Waals surface area contributed by atoms with E-state index in [-0.39, 0.29) is 12.5 Å². The Morgan fingerprint density at radius 3 is 2.75 bits per heavy atom. The zero-order valence-electron chi connectivity index (χ0n) is 6.57. The number of nitrogens with zero attached hydrogens (tertiary/aromatic N) is 1. The van der Waals surface area contributed by atoms with Crippen molar-refractivity contribution in [3.05, 3.63) is 29.0 Å². The van der Waals surface area contributed by atoms with Crippen molar-refractivity contribution < 1.29 is 5.11 Å². The van der Waals surface area contributed by atoms with Gasteiger partial charge in [-0.3, -0.25) is 0 Å². The van der Waals surface area contributed by atoms with Crippen LogP contribution in [0.25, 0.3) is 0 Å². The van der Waals surface area contributed by atoms with Crippen LogP contribution in [0, 0.1) is 0 Å². The SMILES string of the molecule is NCC(CO)c1ccc(Cl)nc1. The molecule has 1 rings (SSSR count). The highest BCUT2D eigenvalue weighted by molar-refractivity contribution is 6.29. The molecule has 3 nitrogen and oxygen atoms in total. The molecule has 0 amide bonds. The van der Waals surface area contributed by atoms with Gasteiger partial charge in [-0.1, -0.05) is 17.7 Å². The van der Waals surface area contributed by atoms with Crippen molar-refractivity contribution in [1.82, 2.24) is 4.98 Å². The van der Waals surface area contributed by atoms with Gasteiger partial charge in [0.1, 0.15) is 5.15 Å². The van der Waals surface area contributed by atoms with E-state index in [4.69, 9.17) is 22.4 Å². The number of rotatable bonds is 3. The van der Waals surface area contributed by atoms with Gasteiger partial charge in [-0.2, -0.15) is 0 Å². The number of halogens is 1. The van der Waals surface area contributed by atoms with Gasteiger partial charge >= 0.3 is 0 Å². The summed E-state index contributed by atoms with van der Waals surface area (Å²) in [6.07, 6.45) is 1.64. The average Bonchev–Trinajstić information content (AvgIpc) is 2.10. The van der Waals surface area contributed by atoms with Gasteiger partial charge in [0.15, 0.2) is 0 Å². The predicted molar refractivity (Wildman–Crippen MR) is 48.1 cm³/mol. The third-order valence-corrected chi connectivity index (χ3v) is 1.95. The highest BCUT2D eigenvalue weighted by Gasteiger charge is 2.07. The summed E-state index contributed by atoms with van der Waals surface area (Å²) in [6.45, 7) is 0.458. The van der Waals surface area contributed by atoms with Crippen LogP contribution in [0.1, 0.15) is 11.5 Å². The molecule has 4 heteroatoms. The molecule has 66 valence electrons. The van der Waals surface area contributed by atoms with E-state index in [1.54, 1.807) is 12.3 Å². The van der Waals surface area contributed by atoms with Crippen LogP contribution in [-0.4, -0.2) is 23.2 Å². The van der Waals surface area contributed by atoms with E-state index in [1.165, 1.54) is 0 Å². The van der Waals surface area contributed by atoms with Gasteiger partial charge in [0.05, 0.1) is 6.61 Å². The van der Waals surface area contributed by atoms with Gasteiger partial charge in [0, 0.05) is 18.7 Å². The van der Waals surface area contributed by atoms with Crippen molar-refractivity contribution in [2.75, 3.05) is 13.2 Å². The average molecular weight is 187 g/mol. The van der Waals surface area contributed by atoms with Crippen LogP contribution >= 0.6 is 11.6 Å². The molecule has 0 aliphatic rings. The third kappa shape index (κ3) is 2.17. The molecule has 1 atom stereocenters. The molecule has 0 aromatic carbocycles. The van der Waals surface area contributed by atoms with Crippen LogP contribution in [0.3, 0.4) is 0 Å². The minimum absolute atomic E-state index is 0.0326. The quantitative estimate of drug-likeness (QED) is 0.686. The molecule has 1 aromatic heterocycles. The molecule has 0 saturated carbocycles.